The number of rotatable bonds is 6. The van der Waals surface area contributed by atoms with E-state index in [9.17, 15) is 0 Å². The van der Waals surface area contributed by atoms with Gasteiger partial charge >= 0.3 is 0 Å². The zero-order valence-electron chi connectivity index (χ0n) is 12.5. The number of hydrogen-bond acceptors (Lipinski definition) is 4. The molecule has 5 heteroatoms. The highest BCUT2D eigenvalue weighted by molar-refractivity contribution is 5.31. The van der Waals surface area contributed by atoms with E-state index in [0.29, 0.717) is 0 Å². The number of hydrogen-bond donors (Lipinski definition) is 1. The van der Waals surface area contributed by atoms with Gasteiger partial charge in [-0.3, -0.25) is 0 Å². The second-order valence-corrected chi connectivity index (χ2v) is 4.91. The fraction of sp³-hybridized carbons (Fsp3) is 0.400. The lowest BCUT2D eigenvalue weighted by atomic mass is 10.1. The third kappa shape index (κ3) is 3.11. The molecule has 1 aromatic carbocycles. The van der Waals surface area contributed by atoms with Crippen LogP contribution in [0.15, 0.2) is 36.7 Å². The van der Waals surface area contributed by atoms with Crippen molar-refractivity contribution in [1.82, 2.24) is 14.5 Å². The number of imidazole rings is 1. The van der Waals surface area contributed by atoms with Gasteiger partial charge in [0, 0.05) is 26.0 Å². The van der Waals surface area contributed by atoms with E-state index in [0.717, 1.165) is 18.2 Å². The molecule has 0 saturated carbocycles. The van der Waals surface area contributed by atoms with Gasteiger partial charge in [-0.2, -0.15) is 0 Å². The Bertz CT molecular complexity index is 550. The van der Waals surface area contributed by atoms with Crippen LogP contribution in [0.25, 0.3) is 0 Å². The van der Waals surface area contributed by atoms with Crippen LogP contribution in [0.3, 0.4) is 0 Å². The fourth-order valence-electron chi connectivity index (χ4n) is 2.29. The predicted octanol–water partition coefficient (Wildman–Crippen LogP) is 2.24. The van der Waals surface area contributed by atoms with Crippen LogP contribution in [0.2, 0.25) is 0 Å². The van der Waals surface area contributed by atoms with E-state index < -0.39 is 0 Å². The second kappa shape index (κ2) is 6.43. The number of benzene rings is 1. The lowest BCUT2D eigenvalue weighted by molar-refractivity contribution is 0.269. The summed E-state index contributed by atoms with van der Waals surface area (Å²) in [5.74, 6) is 1.76. The summed E-state index contributed by atoms with van der Waals surface area (Å²) < 4.78 is 7.43. The molecule has 1 aromatic heterocycles. The molecule has 1 atom stereocenters. The average Bonchev–Trinajstić information content (AvgIpc) is 2.91. The van der Waals surface area contributed by atoms with Crippen molar-refractivity contribution in [2.24, 2.45) is 0 Å². The van der Waals surface area contributed by atoms with Crippen LogP contribution in [0.1, 0.15) is 11.6 Å². The summed E-state index contributed by atoms with van der Waals surface area (Å²) >= 11 is 0. The number of ether oxygens (including phenoxy) is 1. The van der Waals surface area contributed by atoms with Gasteiger partial charge in [-0.15, -0.1) is 0 Å². The van der Waals surface area contributed by atoms with E-state index in [2.05, 4.69) is 46.0 Å². The van der Waals surface area contributed by atoms with Crippen molar-refractivity contribution >= 4 is 5.95 Å². The van der Waals surface area contributed by atoms with E-state index in [1.807, 2.05) is 31.6 Å². The van der Waals surface area contributed by atoms with Gasteiger partial charge in [0.25, 0.3) is 0 Å². The van der Waals surface area contributed by atoms with Gasteiger partial charge in [-0.25, -0.2) is 4.98 Å². The normalized spacial score (nSPS) is 12.4. The maximum absolute atomic E-state index is 5.31. The number of anilines is 1. The minimum absolute atomic E-state index is 0.256. The van der Waals surface area contributed by atoms with Crippen LogP contribution < -0.4 is 10.1 Å². The highest BCUT2D eigenvalue weighted by atomic mass is 16.5. The standard InChI is InChI=1S/C15H22N4O/c1-16-15-17-8-9-19(15)11-14(18(2)3)12-6-5-7-13(10-12)20-4/h5-10,14H,11H2,1-4H3,(H,16,17). The predicted molar refractivity (Wildman–Crippen MR) is 81.2 cm³/mol. The molecule has 20 heavy (non-hydrogen) atoms. The monoisotopic (exact) mass is 274 g/mol. The lowest BCUT2D eigenvalue weighted by Gasteiger charge is -2.26. The molecule has 5 nitrogen and oxygen atoms in total. The number of methoxy groups -OCH3 is 1. The van der Waals surface area contributed by atoms with Crippen molar-refractivity contribution in [2.45, 2.75) is 12.6 Å². The minimum atomic E-state index is 0.256. The number of likely N-dealkylation sites (N-methyl/N-ethyl adjacent to an activating group) is 1. The number of aromatic nitrogens is 2. The second-order valence-electron chi connectivity index (χ2n) is 4.91. The van der Waals surface area contributed by atoms with Gasteiger partial charge in [-0.1, -0.05) is 12.1 Å². The van der Waals surface area contributed by atoms with Crippen LogP contribution in [0, 0.1) is 0 Å². The first-order chi connectivity index (χ1) is 9.65. The molecule has 1 N–H and O–H groups in total. The molecule has 2 aromatic rings. The summed E-state index contributed by atoms with van der Waals surface area (Å²) in [6.45, 7) is 0.830. The van der Waals surface area contributed by atoms with Crippen LogP contribution in [0.5, 0.6) is 5.75 Å². The zero-order valence-corrected chi connectivity index (χ0v) is 12.5. The van der Waals surface area contributed by atoms with Crippen molar-refractivity contribution in [3.8, 4) is 5.75 Å². The van der Waals surface area contributed by atoms with E-state index in [-0.39, 0.29) is 6.04 Å². The maximum Gasteiger partial charge on any atom is 0.202 e. The fourth-order valence-corrected chi connectivity index (χ4v) is 2.29. The Balaban J connectivity index is 2.27. The largest absolute Gasteiger partial charge is 0.497 e. The number of nitrogens with one attached hydrogen (secondary N) is 1. The first kappa shape index (κ1) is 14.4. The Morgan fingerprint density at radius 3 is 2.85 bits per heavy atom. The van der Waals surface area contributed by atoms with E-state index >= 15 is 0 Å². The molecule has 0 aliphatic rings. The molecule has 1 heterocycles. The Kier molecular flexibility index (Phi) is 4.63. The first-order valence-electron chi connectivity index (χ1n) is 6.65. The molecule has 0 saturated heterocycles. The smallest absolute Gasteiger partial charge is 0.202 e. The van der Waals surface area contributed by atoms with Gasteiger partial charge in [0.1, 0.15) is 5.75 Å². The third-order valence-electron chi connectivity index (χ3n) is 3.41. The Morgan fingerprint density at radius 2 is 2.20 bits per heavy atom. The van der Waals surface area contributed by atoms with Crippen LogP contribution >= 0.6 is 0 Å². The molecule has 0 radical (unpaired) electrons. The lowest BCUT2D eigenvalue weighted by Crippen LogP contribution is -2.25. The van der Waals surface area contributed by atoms with Crippen molar-refractivity contribution < 1.29 is 4.74 Å². The first-order valence-corrected chi connectivity index (χ1v) is 6.65. The van der Waals surface area contributed by atoms with E-state index in [1.54, 1.807) is 7.11 Å². The molecule has 0 fully saturated rings. The SMILES string of the molecule is CNc1nccn1CC(c1cccc(OC)c1)N(C)C. The maximum atomic E-state index is 5.31. The molecule has 0 aliphatic carbocycles. The molecule has 1 unspecified atom stereocenters. The van der Waals surface area contributed by atoms with Crippen molar-refractivity contribution in [3.05, 3.63) is 42.2 Å². The molecule has 0 amide bonds. The summed E-state index contributed by atoms with van der Waals surface area (Å²) in [5, 5.41) is 3.10. The molecule has 0 spiro atoms. The number of nitrogens with zero attached hydrogens (tertiary/aromatic N) is 3. The highest BCUT2D eigenvalue weighted by Crippen LogP contribution is 2.25. The molecular formula is C15H22N4O. The van der Waals surface area contributed by atoms with E-state index in [4.69, 9.17) is 4.74 Å². The van der Waals surface area contributed by atoms with Crippen LogP contribution in [-0.4, -0.2) is 42.7 Å². The van der Waals surface area contributed by atoms with Gasteiger partial charge in [-0.05, 0) is 31.8 Å². The third-order valence-corrected chi connectivity index (χ3v) is 3.41. The summed E-state index contributed by atoms with van der Waals surface area (Å²) in [6, 6.07) is 8.46. The molecule has 0 bridgehead atoms. The topological polar surface area (TPSA) is 42.3 Å². The summed E-state index contributed by atoms with van der Waals surface area (Å²) in [5.41, 5.74) is 1.23. The van der Waals surface area contributed by atoms with Gasteiger partial charge in [0.15, 0.2) is 0 Å². The summed E-state index contributed by atoms with van der Waals surface area (Å²) in [6.07, 6.45) is 3.80. The van der Waals surface area contributed by atoms with Gasteiger partial charge in [0.05, 0.1) is 13.2 Å². The molecule has 2 rings (SSSR count). The Morgan fingerprint density at radius 1 is 1.40 bits per heavy atom. The average molecular weight is 274 g/mol. The molecule has 0 aliphatic heterocycles. The molecular weight excluding hydrogens is 252 g/mol. The van der Waals surface area contributed by atoms with Crippen molar-refractivity contribution in [1.29, 1.82) is 0 Å². The Hall–Kier alpha value is -2.01. The summed E-state index contributed by atoms with van der Waals surface area (Å²) in [4.78, 5) is 6.49. The van der Waals surface area contributed by atoms with Crippen LogP contribution in [0.4, 0.5) is 5.95 Å². The minimum Gasteiger partial charge on any atom is -0.497 e. The molecule has 108 valence electrons. The van der Waals surface area contributed by atoms with Gasteiger partial charge in [0.2, 0.25) is 5.95 Å². The van der Waals surface area contributed by atoms with Crippen molar-refractivity contribution in [3.63, 3.8) is 0 Å². The Labute approximate surface area is 120 Å². The van der Waals surface area contributed by atoms with Gasteiger partial charge < -0.3 is 19.5 Å². The van der Waals surface area contributed by atoms with E-state index in [1.165, 1.54) is 5.56 Å². The summed E-state index contributed by atoms with van der Waals surface area (Å²) in [7, 11) is 7.74. The van der Waals surface area contributed by atoms with Crippen molar-refractivity contribution in [2.75, 3.05) is 33.6 Å². The van der Waals surface area contributed by atoms with Crippen LogP contribution in [-0.2, 0) is 6.54 Å². The zero-order chi connectivity index (χ0) is 14.5. The quantitative estimate of drug-likeness (QED) is 0.877. The highest BCUT2D eigenvalue weighted by Gasteiger charge is 2.16.